The summed E-state index contributed by atoms with van der Waals surface area (Å²) in [5.41, 5.74) is 3.13. The van der Waals surface area contributed by atoms with E-state index in [1.807, 2.05) is 0 Å². The number of nitro benzene ring substituents is 1. The van der Waals surface area contributed by atoms with E-state index in [1.54, 1.807) is 51.3 Å². The highest BCUT2D eigenvalue weighted by Crippen LogP contribution is 2.55. The van der Waals surface area contributed by atoms with E-state index in [-0.39, 0.29) is 35.4 Å². The zero-order valence-electron chi connectivity index (χ0n) is 26.2. The third-order valence-corrected chi connectivity index (χ3v) is 10.2. The van der Waals surface area contributed by atoms with Gasteiger partial charge in [-0.25, -0.2) is 4.98 Å². The highest BCUT2D eigenvalue weighted by Gasteiger charge is 2.64. The number of primary amides is 1. The van der Waals surface area contributed by atoms with E-state index in [2.05, 4.69) is 10.3 Å². The lowest BCUT2D eigenvalue weighted by Gasteiger charge is -2.50. The molecule has 4 atom stereocenters. The molecule has 1 amide bonds. The number of carbonyl (C=O) groups is 3. The molecule has 1 aromatic heterocycles. The molecule has 3 aliphatic rings. The largest absolute Gasteiger partial charge is 0.508 e. The molecule has 0 radical (unpaired) electrons. The number of ketones is 2. The second-order valence-electron chi connectivity index (χ2n) is 12.5. The van der Waals surface area contributed by atoms with E-state index in [0.717, 1.165) is 11.3 Å². The fraction of sp³-hybridized carbons (Fsp3) is 0.312. The number of thiazole rings is 1. The summed E-state index contributed by atoms with van der Waals surface area (Å²) in [6.07, 6.45) is 1.62. The van der Waals surface area contributed by atoms with Gasteiger partial charge in [-0.05, 0) is 44.5 Å². The molecule has 0 aliphatic heterocycles. The number of likely N-dealkylation sites (N-methyl/N-ethyl adjacent to an activating group) is 1. The lowest BCUT2D eigenvalue weighted by Crippen LogP contribution is -2.65. The van der Waals surface area contributed by atoms with E-state index in [1.165, 1.54) is 23.2 Å². The molecule has 2 aromatic carbocycles. The van der Waals surface area contributed by atoms with Gasteiger partial charge >= 0.3 is 0 Å². The van der Waals surface area contributed by atoms with Crippen molar-refractivity contribution in [1.29, 1.82) is 0 Å². The van der Waals surface area contributed by atoms with Crippen molar-refractivity contribution in [3.8, 4) is 16.2 Å². The van der Waals surface area contributed by atoms with Gasteiger partial charge < -0.3 is 36.4 Å². The Morgan fingerprint density at radius 3 is 2.50 bits per heavy atom. The van der Waals surface area contributed by atoms with Gasteiger partial charge in [0, 0.05) is 55.2 Å². The first-order valence-corrected chi connectivity index (χ1v) is 15.6. The molecule has 3 aromatic rings. The SMILES string of the molecule is CN(C)c1cc(Nc2ncc(-c3cccc([N+](=O)[O-])c3)s2)c(O)c2c1CC1CC3[C@H](N(C)C)C(=O)C(C(N)=O)=C(O)[C@@]3(O)C(=O)C1=C2O. The van der Waals surface area contributed by atoms with Gasteiger partial charge in [0.2, 0.25) is 5.78 Å². The van der Waals surface area contributed by atoms with Crippen molar-refractivity contribution in [3.05, 3.63) is 74.7 Å². The number of nitrogens with two attached hydrogens (primary N) is 1. The molecule has 0 saturated heterocycles. The number of aromatic hydroxyl groups is 1. The van der Waals surface area contributed by atoms with Gasteiger partial charge in [-0.2, -0.15) is 0 Å². The number of phenolic OH excluding ortho intramolecular Hbond substituents is 1. The number of nitrogens with one attached hydrogen (secondary N) is 1. The van der Waals surface area contributed by atoms with Crippen molar-refractivity contribution in [2.75, 3.05) is 38.4 Å². The zero-order valence-corrected chi connectivity index (χ0v) is 27.0. The van der Waals surface area contributed by atoms with Crippen LogP contribution in [0.15, 0.2) is 53.4 Å². The van der Waals surface area contributed by atoms with Crippen LogP contribution in [-0.4, -0.2) is 92.5 Å². The van der Waals surface area contributed by atoms with Crippen LogP contribution in [0.4, 0.5) is 22.2 Å². The molecule has 250 valence electrons. The number of aliphatic hydroxyl groups excluding tert-OH is 2. The number of phenols is 1. The number of aliphatic hydroxyl groups is 3. The third-order valence-electron chi connectivity index (χ3n) is 9.27. The molecule has 0 spiro atoms. The van der Waals surface area contributed by atoms with Crippen LogP contribution in [0.2, 0.25) is 0 Å². The van der Waals surface area contributed by atoms with Gasteiger partial charge in [-0.1, -0.05) is 23.5 Å². The number of hydrogen-bond acceptors (Lipinski definition) is 14. The Balaban J connectivity index is 1.46. The van der Waals surface area contributed by atoms with Crippen molar-refractivity contribution < 1.29 is 39.7 Å². The average molecular weight is 677 g/mol. The topological polar surface area (TPSA) is 233 Å². The zero-order chi connectivity index (χ0) is 35.0. The first-order valence-electron chi connectivity index (χ1n) is 14.8. The first kappa shape index (κ1) is 32.6. The maximum absolute atomic E-state index is 14.2. The summed E-state index contributed by atoms with van der Waals surface area (Å²) in [5, 5.41) is 60.8. The smallest absolute Gasteiger partial charge is 0.270 e. The Bertz CT molecular complexity index is 2000. The number of aromatic nitrogens is 1. The lowest BCUT2D eigenvalue weighted by atomic mass is 9.57. The number of carbonyl (C=O) groups excluding carboxylic acids is 3. The van der Waals surface area contributed by atoms with Gasteiger partial charge in [0.15, 0.2) is 16.5 Å². The van der Waals surface area contributed by atoms with Gasteiger partial charge in [0.05, 0.1) is 27.1 Å². The quantitative estimate of drug-likeness (QED) is 0.0916. The van der Waals surface area contributed by atoms with E-state index < -0.39 is 68.7 Å². The summed E-state index contributed by atoms with van der Waals surface area (Å²) in [7, 11) is 6.60. The molecule has 3 aliphatic carbocycles. The lowest BCUT2D eigenvalue weighted by molar-refractivity contribution is -0.384. The predicted molar refractivity (Wildman–Crippen MR) is 176 cm³/mol. The minimum atomic E-state index is -2.75. The Morgan fingerprint density at radius 1 is 1.17 bits per heavy atom. The summed E-state index contributed by atoms with van der Waals surface area (Å²) in [6, 6.07) is 6.53. The van der Waals surface area contributed by atoms with Crippen LogP contribution in [0, 0.1) is 22.0 Å². The minimum Gasteiger partial charge on any atom is -0.508 e. The van der Waals surface area contributed by atoms with Gasteiger partial charge in [0.25, 0.3) is 11.6 Å². The van der Waals surface area contributed by atoms with Gasteiger partial charge in [-0.15, -0.1) is 0 Å². The monoisotopic (exact) mass is 676 g/mol. The van der Waals surface area contributed by atoms with Crippen LogP contribution < -0.4 is 16.0 Å². The normalized spacial score (nSPS) is 23.5. The van der Waals surface area contributed by atoms with Crippen LogP contribution >= 0.6 is 11.3 Å². The molecular formula is C32H32N6O9S. The fourth-order valence-electron chi connectivity index (χ4n) is 7.14. The van der Waals surface area contributed by atoms with Crippen LogP contribution in [0.3, 0.4) is 0 Å². The Kier molecular flexibility index (Phi) is 7.77. The number of non-ortho nitro benzene ring substituents is 1. The summed E-state index contributed by atoms with van der Waals surface area (Å²) in [4.78, 5) is 58.7. The Labute approximate surface area is 277 Å². The Morgan fingerprint density at radius 2 is 1.88 bits per heavy atom. The van der Waals surface area contributed by atoms with E-state index >= 15 is 0 Å². The number of rotatable bonds is 7. The first-order chi connectivity index (χ1) is 22.6. The highest BCUT2D eigenvalue weighted by molar-refractivity contribution is 7.19. The summed E-state index contributed by atoms with van der Waals surface area (Å²) >= 11 is 1.16. The van der Waals surface area contributed by atoms with Crippen LogP contribution in [0.5, 0.6) is 5.75 Å². The van der Waals surface area contributed by atoms with Crippen molar-refractivity contribution >= 4 is 56.8 Å². The maximum Gasteiger partial charge on any atom is 0.270 e. The van der Waals surface area contributed by atoms with E-state index in [0.29, 0.717) is 26.8 Å². The predicted octanol–water partition coefficient (Wildman–Crippen LogP) is 2.81. The number of fused-ring (bicyclic) bond motifs is 3. The van der Waals surface area contributed by atoms with Crippen molar-refractivity contribution in [1.82, 2.24) is 9.88 Å². The van der Waals surface area contributed by atoms with Crippen LogP contribution in [-0.2, 0) is 20.8 Å². The van der Waals surface area contributed by atoms with Crippen LogP contribution in [0.1, 0.15) is 17.5 Å². The fourth-order valence-corrected chi connectivity index (χ4v) is 7.96. The molecule has 16 heteroatoms. The van der Waals surface area contributed by atoms with E-state index in [9.17, 15) is 44.9 Å². The van der Waals surface area contributed by atoms with Crippen LogP contribution in [0.25, 0.3) is 16.2 Å². The molecule has 15 nitrogen and oxygen atoms in total. The number of amides is 1. The van der Waals surface area contributed by atoms with Gasteiger partial charge in [0.1, 0.15) is 22.8 Å². The number of anilines is 3. The number of hydrogen-bond donors (Lipinski definition) is 6. The number of nitro groups is 1. The Hall–Kier alpha value is -5.32. The number of benzene rings is 2. The molecule has 2 unspecified atom stereocenters. The van der Waals surface area contributed by atoms with Crippen molar-refractivity contribution in [3.63, 3.8) is 0 Å². The average Bonchev–Trinajstić information content (AvgIpc) is 3.48. The molecular weight excluding hydrogens is 644 g/mol. The molecule has 1 fully saturated rings. The second kappa shape index (κ2) is 11.4. The standard InChI is InChI=1S/C32H32N6O9S/c1-36(2)19-11-18(35-31-34-12-20(48-31)13-6-5-7-15(8-13)38(46)47)25(39)22-16(19)9-14-10-17-24(37(3)4)27(41)23(30(33)44)29(43)32(17,45)28(42)21(14)26(22)40/h5-8,11-12,14,17,24,39-40,43,45H,9-10H2,1-4H3,(H2,33,44)(H,34,35)/t14?,17?,24-,32-/m0/s1. The molecule has 6 rings (SSSR count). The van der Waals surface area contributed by atoms with E-state index in [4.69, 9.17) is 5.73 Å². The van der Waals surface area contributed by atoms with Crippen molar-refractivity contribution in [2.45, 2.75) is 24.5 Å². The summed E-state index contributed by atoms with van der Waals surface area (Å²) in [5.74, 6) is -7.33. The maximum atomic E-state index is 14.2. The number of nitrogens with zero attached hydrogens (tertiary/aromatic N) is 4. The third kappa shape index (κ3) is 4.79. The minimum absolute atomic E-state index is 0.0288. The van der Waals surface area contributed by atoms with Gasteiger partial charge in [-0.3, -0.25) is 29.4 Å². The molecule has 7 N–H and O–H groups in total. The molecule has 1 saturated carbocycles. The molecule has 1 heterocycles. The number of Topliss-reactive ketones (excluding diaryl/α,β-unsaturated/α-hetero) is 2. The van der Waals surface area contributed by atoms with Crippen molar-refractivity contribution in [2.24, 2.45) is 17.6 Å². The molecule has 0 bridgehead atoms. The highest BCUT2D eigenvalue weighted by atomic mass is 32.1. The molecule has 48 heavy (non-hydrogen) atoms. The summed E-state index contributed by atoms with van der Waals surface area (Å²) < 4.78 is 0. The second-order valence-corrected chi connectivity index (χ2v) is 13.5. The summed E-state index contributed by atoms with van der Waals surface area (Å²) in [6.45, 7) is 0.